The Morgan fingerprint density at radius 1 is 1.04 bits per heavy atom. The minimum absolute atomic E-state index is 0.0704. The first kappa shape index (κ1) is 18.0. The molecule has 3 rings (SSSR count). The van der Waals surface area contributed by atoms with Crippen LogP contribution in [-0.4, -0.2) is 32.4 Å². The molecule has 0 radical (unpaired) electrons. The predicted octanol–water partition coefficient (Wildman–Crippen LogP) is 3.87. The molecule has 0 aliphatic carbocycles. The topological polar surface area (TPSA) is 46.6 Å². The van der Waals surface area contributed by atoms with Crippen LogP contribution in [0.25, 0.3) is 0 Å². The van der Waals surface area contributed by atoms with Crippen LogP contribution in [0.1, 0.15) is 31.2 Å². The molecule has 1 heterocycles. The van der Waals surface area contributed by atoms with Gasteiger partial charge in [-0.15, -0.1) is 0 Å². The maximum Gasteiger partial charge on any atom is 0.243 e. The lowest BCUT2D eigenvalue weighted by molar-refractivity contribution is 0.241. The van der Waals surface area contributed by atoms with Gasteiger partial charge in [0.25, 0.3) is 0 Å². The first-order chi connectivity index (χ1) is 12.1. The quantitative estimate of drug-likeness (QED) is 0.786. The van der Waals surface area contributed by atoms with Crippen LogP contribution in [0.3, 0.4) is 0 Å². The Kier molecular flexibility index (Phi) is 5.76. The van der Waals surface area contributed by atoms with Crippen molar-refractivity contribution in [3.63, 3.8) is 0 Å². The van der Waals surface area contributed by atoms with Crippen LogP contribution >= 0.6 is 0 Å². The number of sulfonamides is 1. The molecule has 1 aliphatic rings. The summed E-state index contributed by atoms with van der Waals surface area (Å²) in [6, 6.07) is 17.0. The van der Waals surface area contributed by atoms with Crippen LogP contribution in [0.4, 0.5) is 0 Å². The summed E-state index contributed by atoms with van der Waals surface area (Å²) in [5.74, 6) is 0.665. The summed E-state index contributed by atoms with van der Waals surface area (Å²) in [6.07, 6.45) is 4.72. The van der Waals surface area contributed by atoms with Crippen molar-refractivity contribution in [2.45, 2.75) is 43.0 Å². The molecule has 5 heteroatoms. The van der Waals surface area contributed by atoms with Gasteiger partial charge in [0.15, 0.2) is 0 Å². The molecule has 0 aromatic heterocycles. The fourth-order valence-electron chi connectivity index (χ4n) is 3.44. The average Bonchev–Trinajstić information content (AvgIpc) is 2.67. The minimum atomic E-state index is -3.46. The summed E-state index contributed by atoms with van der Waals surface area (Å²) in [4.78, 5) is 0.347. The van der Waals surface area contributed by atoms with Crippen molar-refractivity contribution in [1.29, 1.82) is 0 Å². The van der Waals surface area contributed by atoms with Crippen LogP contribution in [0.15, 0.2) is 59.5 Å². The zero-order valence-electron chi connectivity index (χ0n) is 14.6. The smallest absolute Gasteiger partial charge is 0.243 e. The summed E-state index contributed by atoms with van der Waals surface area (Å²) in [5.41, 5.74) is 1.26. The normalized spacial score (nSPS) is 18.8. The molecule has 0 N–H and O–H groups in total. The second-order valence-electron chi connectivity index (χ2n) is 6.47. The van der Waals surface area contributed by atoms with E-state index >= 15 is 0 Å². The van der Waals surface area contributed by atoms with Gasteiger partial charge in [-0.25, -0.2) is 8.42 Å². The van der Waals surface area contributed by atoms with E-state index in [1.54, 1.807) is 35.7 Å². The van der Waals surface area contributed by atoms with Gasteiger partial charge in [0.05, 0.1) is 12.0 Å². The van der Waals surface area contributed by atoms with Crippen molar-refractivity contribution >= 4 is 10.0 Å². The molecular weight excluding hydrogens is 334 g/mol. The van der Waals surface area contributed by atoms with E-state index in [-0.39, 0.29) is 6.04 Å². The predicted molar refractivity (Wildman–Crippen MR) is 99.3 cm³/mol. The second kappa shape index (κ2) is 8.02. The fraction of sp³-hybridized carbons (Fsp3) is 0.400. The second-order valence-corrected chi connectivity index (χ2v) is 8.36. The lowest BCUT2D eigenvalue weighted by Gasteiger charge is -2.34. The van der Waals surface area contributed by atoms with Gasteiger partial charge in [-0.05, 0) is 55.5 Å². The number of rotatable bonds is 6. The van der Waals surface area contributed by atoms with Crippen LogP contribution in [0.5, 0.6) is 5.75 Å². The van der Waals surface area contributed by atoms with Crippen LogP contribution in [-0.2, 0) is 16.4 Å². The van der Waals surface area contributed by atoms with Gasteiger partial charge in [0.2, 0.25) is 10.0 Å². The zero-order valence-corrected chi connectivity index (χ0v) is 15.4. The van der Waals surface area contributed by atoms with Gasteiger partial charge in [-0.3, -0.25) is 0 Å². The molecule has 2 aromatic carbocycles. The third kappa shape index (κ3) is 4.22. The molecule has 1 saturated heterocycles. The molecular formula is C20H25NO3S. The van der Waals surface area contributed by atoms with Crippen molar-refractivity contribution in [2.24, 2.45) is 0 Å². The molecule has 2 aromatic rings. The number of hydrogen-bond acceptors (Lipinski definition) is 3. The van der Waals surface area contributed by atoms with Gasteiger partial charge in [-0.2, -0.15) is 4.31 Å². The van der Waals surface area contributed by atoms with Crippen molar-refractivity contribution in [1.82, 2.24) is 4.31 Å². The molecule has 1 aliphatic heterocycles. The highest BCUT2D eigenvalue weighted by Crippen LogP contribution is 2.28. The van der Waals surface area contributed by atoms with E-state index in [2.05, 4.69) is 12.1 Å². The molecule has 1 atom stereocenters. The number of nitrogens with zero attached hydrogens (tertiary/aromatic N) is 1. The maximum atomic E-state index is 13.1. The Morgan fingerprint density at radius 3 is 2.44 bits per heavy atom. The summed E-state index contributed by atoms with van der Waals surface area (Å²) < 4.78 is 33.0. The van der Waals surface area contributed by atoms with Crippen molar-refractivity contribution < 1.29 is 13.2 Å². The first-order valence-electron chi connectivity index (χ1n) is 8.81. The standard InChI is InChI=1S/C20H25NO3S/c1-24-19-12-14-20(15-13-19)25(22,23)21-16-6-5-9-18(21)11-10-17-7-3-2-4-8-17/h2-4,7-8,12-15,18H,5-6,9-11,16H2,1H3. The summed E-state index contributed by atoms with van der Waals surface area (Å²) >= 11 is 0. The highest BCUT2D eigenvalue weighted by molar-refractivity contribution is 7.89. The maximum absolute atomic E-state index is 13.1. The average molecular weight is 359 g/mol. The molecule has 0 bridgehead atoms. The van der Waals surface area contributed by atoms with Crippen molar-refractivity contribution in [3.8, 4) is 5.75 Å². The van der Waals surface area contributed by atoms with E-state index in [0.717, 1.165) is 32.1 Å². The molecule has 25 heavy (non-hydrogen) atoms. The Morgan fingerprint density at radius 2 is 1.76 bits per heavy atom. The number of hydrogen-bond donors (Lipinski definition) is 0. The van der Waals surface area contributed by atoms with Gasteiger partial charge >= 0.3 is 0 Å². The third-order valence-corrected chi connectivity index (χ3v) is 6.81. The zero-order chi connectivity index (χ0) is 17.7. The third-order valence-electron chi connectivity index (χ3n) is 4.85. The van der Waals surface area contributed by atoms with Gasteiger partial charge < -0.3 is 4.74 Å². The molecule has 0 amide bonds. The van der Waals surface area contributed by atoms with Crippen LogP contribution < -0.4 is 4.74 Å². The highest BCUT2D eigenvalue weighted by Gasteiger charge is 2.33. The molecule has 0 spiro atoms. The number of piperidine rings is 1. The van der Waals surface area contributed by atoms with E-state index in [1.165, 1.54) is 5.56 Å². The number of benzene rings is 2. The lowest BCUT2D eigenvalue weighted by Crippen LogP contribution is -2.43. The highest BCUT2D eigenvalue weighted by atomic mass is 32.2. The SMILES string of the molecule is COc1ccc(S(=O)(=O)N2CCCCC2CCc2ccccc2)cc1. The Labute approximate surface area is 150 Å². The van der Waals surface area contributed by atoms with E-state index < -0.39 is 10.0 Å². The van der Waals surface area contributed by atoms with Crippen molar-refractivity contribution in [3.05, 3.63) is 60.2 Å². The number of ether oxygens (including phenoxy) is 1. The number of aryl methyl sites for hydroxylation is 1. The number of methoxy groups -OCH3 is 1. The molecule has 4 nitrogen and oxygen atoms in total. The van der Waals surface area contributed by atoms with Gasteiger partial charge in [0, 0.05) is 12.6 Å². The summed E-state index contributed by atoms with van der Waals surface area (Å²) in [6.45, 7) is 0.605. The molecule has 1 fully saturated rings. The van der Waals surface area contributed by atoms with Gasteiger partial charge in [-0.1, -0.05) is 36.8 Å². The largest absolute Gasteiger partial charge is 0.497 e. The Hall–Kier alpha value is -1.85. The Balaban J connectivity index is 1.76. The van der Waals surface area contributed by atoms with E-state index in [9.17, 15) is 8.42 Å². The van der Waals surface area contributed by atoms with E-state index in [4.69, 9.17) is 4.74 Å². The lowest BCUT2D eigenvalue weighted by atomic mass is 9.98. The van der Waals surface area contributed by atoms with Crippen LogP contribution in [0, 0.1) is 0 Å². The summed E-state index contributed by atoms with van der Waals surface area (Å²) in [7, 11) is -1.89. The van der Waals surface area contributed by atoms with E-state index in [1.807, 2.05) is 18.2 Å². The van der Waals surface area contributed by atoms with Crippen LogP contribution in [0.2, 0.25) is 0 Å². The summed E-state index contributed by atoms with van der Waals surface area (Å²) in [5, 5.41) is 0. The fourth-order valence-corrected chi connectivity index (χ4v) is 5.16. The Bertz CT molecular complexity index is 772. The van der Waals surface area contributed by atoms with Crippen molar-refractivity contribution in [2.75, 3.05) is 13.7 Å². The minimum Gasteiger partial charge on any atom is -0.497 e. The molecule has 1 unspecified atom stereocenters. The van der Waals surface area contributed by atoms with Gasteiger partial charge in [0.1, 0.15) is 5.75 Å². The monoisotopic (exact) mass is 359 g/mol. The molecule has 134 valence electrons. The molecule has 0 saturated carbocycles. The van der Waals surface area contributed by atoms with E-state index in [0.29, 0.717) is 17.2 Å². The first-order valence-corrected chi connectivity index (χ1v) is 10.2.